The van der Waals surface area contributed by atoms with Crippen molar-refractivity contribution in [3.63, 3.8) is 0 Å². The van der Waals surface area contributed by atoms with Crippen LogP contribution in [-0.2, 0) is 22.9 Å². The molecule has 0 amide bonds. The summed E-state index contributed by atoms with van der Waals surface area (Å²) in [4.78, 5) is 13.9. The normalized spacial score (nSPS) is 20.4. The first kappa shape index (κ1) is 11.3. The molecule has 0 spiro atoms. The molecule has 2 rings (SSSR count). The Balaban J connectivity index is 2.18. The smallest absolute Gasteiger partial charge is 0.248 e. The van der Waals surface area contributed by atoms with Gasteiger partial charge in [0, 0.05) is 17.8 Å². The van der Waals surface area contributed by atoms with Crippen LogP contribution in [0.3, 0.4) is 0 Å². The monoisotopic (exact) mass is 242 g/mol. The molecule has 88 valence electrons. The molecule has 0 bridgehead atoms. The first-order chi connectivity index (χ1) is 7.44. The van der Waals surface area contributed by atoms with Gasteiger partial charge in [-0.2, -0.15) is 0 Å². The van der Waals surface area contributed by atoms with E-state index in [4.69, 9.17) is 0 Å². The molecule has 0 radical (unpaired) electrons. The Morgan fingerprint density at radius 3 is 2.88 bits per heavy atom. The van der Waals surface area contributed by atoms with Gasteiger partial charge in [-0.25, -0.2) is 13.1 Å². The Morgan fingerprint density at radius 2 is 2.19 bits per heavy atom. The molecule has 6 heteroatoms. The number of nitrogens with one attached hydrogen (secondary N) is 2. The summed E-state index contributed by atoms with van der Waals surface area (Å²) in [6, 6.07) is 3.18. The molecular weight excluding hydrogens is 228 g/mol. The second kappa shape index (κ2) is 4.03. The van der Waals surface area contributed by atoms with E-state index in [0.717, 1.165) is 23.9 Å². The summed E-state index contributed by atoms with van der Waals surface area (Å²) in [7, 11) is -3.16. The van der Waals surface area contributed by atoms with Gasteiger partial charge in [-0.3, -0.25) is 4.79 Å². The van der Waals surface area contributed by atoms with Crippen molar-refractivity contribution in [3.05, 3.63) is 33.7 Å². The highest BCUT2D eigenvalue weighted by Crippen LogP contribution is 2.18. The minimum absolute atomic E-state index is 0.0617. The Kier molecular flexibility index (Phi) is 2.86. The molecule has 1 aromatic rings. The Morgan fingerprint density at radius 1 is 1.44 bits per heavy atom. The van der Waals surface area contributed by atoms with Gasteiger partial charge in [0.15, 0.2) is 0 Å². The number of H-pyrrole nitrogens is 1. The molecule has 0 saturated heterocycles. The van der Waals surface area contributed by atoms with E-state index in [9.17, 15) is 13.2 Å². The van der Waals surface area contributed by atoms with Crippen LogP contribution in [0, 0.1) is 0 Å². The van der Waals surface area contributed by atoms with Gasteiger partial charge in [0.05, 0.1) is 6.26 Å². The zero-order valence-electron chi connectivity index (χ0n) is 8.99. The van der Waals surface area contributed by atoms with Crippen LogP contribution in [0.1, 0.15) is 17.7 Å². The lowest BCUT2D eigenvalue weighted by atomic mass is 9.93. The van der Waals surface area contributed by atoms with Gasteiger partial charge in [0.2, 0.25) is 15.6 Å². The molecule has 5 nitrogen and oxygen atoms in total. The number of aromatic amines is 1. The SMILES string of the molecule is CS(=O)(=O)NC1CCc2[nH]c(=O)ccc2C1. The minimum atomic E-state index is -3.16. The number of fused-ring (bicyclic) bond motifs is 1. The van der Waals surface area contributed by atoms with E-state index in [1.807, 2.05) is 0 Å². The molecule has 0 fully saturated rings. The number of pyridine rings is 1. The fourth-order valence-corrected chi connectivity index (χ4v) is 2.86. The maximum absolute atomic E-state index is 11.1. The van der Waals surface area contributed by atoms with Gasteiger partial charge < -0.3 is 4.98 Å². The summed E-state index contributed by atoms with van der Waals surface area (Å²) in [6.45, 7) is 0. The largest absolute Gasteiger partial charge is 0.326 e. The zero-order valence-corrected chi connectivity index (χ0v) is 9.80. The summed E-state index contributed by atoms with van der Waals surface area (Å²) in [5.41, 5.74) is 1.85. The van der Waals surface area contributed by atoms with E-state index in [1.54, 1.807) is 6.07 Å². The third-order valence-electron chi connectivity index (χ3n) is 2.69. The van der Waals surface area contributed by atoms with E-state index >= 15 is 0 Å². The van der Waals surface area contributed by atoms with E-state index in [0.29, 0.717) is 12.8 Å². The van der Waals surface area contributed by atoms with Crippen LogP contribution in [0.25, 0.3) is 0 Å². The number of aryl methyl sites for hydroxylation is 1. The zero-order chi connectivity index (χ0) is 11.8. The minimum Gasteiger partial charge on any atom is -0.326 e. The number of sulfonamides is 1. The van der Waals surface area contributed by atoms with Crippen LogP contribution in [0.4, 0.5) is 0 Å². The van der Waals surface area contributed by atoms with Gasteiger partial charge in [0.1, 0.15) is 0 Å². The van der Waals surface area contributed by atoms with Crippen LogP contribution in [-0.4, -0.2) is 25.7 Å². The Labute approximate surface area is 93.9 Å². The number of aromatic nitrogens is 1. The van der Waals surface area contributed by atoms with Gasteiger partial charge in [-0.1, -0.05) is 6.07 Å². The molecule has 1 aliphatic rings. The highest BCUT2D eigenvalue weighted by atomic mass is 32.2. The molecule has 2 N–H and O–H groups in total. The van der Waals surface area contributed by atoms with Gasteiger partial charge in [-0.15, -0.1) is 0 Å². The van der Waals surface area contributed by atoms with Crippen LogP contribution in [0.5, 0.6) is 0 Å². The Hall–Kier alpha value is -1.14. The van der Waals surface area contributed by atoms with Crippen molar-refractivity contribution < 1.29 is 8.42 Å². The van der Waals surface area contributed by atoms with Crippen molar-refractivity contribution in [1.29, 1.82) is 0 Å². The molecule has 1 unspecified atom stereocenters. The molecular formula is C10H14N2O3S. The lowest BCUT2D eigenvalue weighted by molar-refractivity contribution is 0.505. The molecule has 0 aliphatic heterocycles. The maximum Gasteiger partial charge on any atom is 0.248 e. The van der Waals surface area contributed by atoms with E-state index in [-0.39, 0.29) is 11.6 Å². The van der Waals surface area contributed by atoms with Crippen molar-refractivity contribution in [1.82, 2.24) is 9.71 Å². The predicted octanol–water partition coefficient (Wildman–Crippen LogP) is -0.219. The Bertz CT molecular complexity index is 547. The van der Waals surface area contributed by atoms with Crippen LogP contribution in [0.15, 0.2) is 16.9 Å². The van der Waals surface area contributed by atoms with E-state index in [1.165, 1.54) is 6.07 Å². The second-order valence-electron chi connectivity index (χ2n) is 4.16. The van der Waals surface area contributed by atoms with Crippen LogP contribution in [0.2, 0.25) is 0 Å². The fraction of sp³-hybridized carbons (Fsp3) is 0.500. The predicted molar refractivity (Wildman–Crippen MR) is 60.9 cm³/mol. The van der Waals surface area contributed by atoms with E-state index in [2.05, 4.69) is 9.71 Å². The lowest BCUT2D eigenvalue weighted by Crippen LogP contribution is -2.38. The highest BCUT2D eigenvalue weighted by Gasteiger charge is 2.21. The average Bonchev–Trinajstić information content (AvgIpc) is 2.16. The number of rotatable bonds is 2. The summed E-state index contributed by atoms with van der Waals surface area (Å²) < 4.78 is 24.8. The third kappa shape index (κ3) is 2.70. The molecule has 1 atom stereocenters. The molecule has 16 heavy (non-hydrogen) atoms. The molecule has 0 aromatic carbocycles. The lowest BCUT2D eigenvalue weighted by Gasteiger charge is -2.24. The summed E-state index contributed by atoms with van der Waals surface area (Å²) >= 11 is 0. The van der Waals surface area contributed by atoms with Gasteiger partial charge in [0.25, 0.3) is 0 Å². The summed E-state index contributed by atoms with van der Waals surface area (Å²) in [5, 5.41) is 0. The standard InChI is InChI=1S/C10H14N2O3S/c1-16(14,15)12-8-3-4-9-7(6-8)2-5-10(13)11-9/h2,5,8,12H,3-4,6H2,1H3,(H,11,13). The van der Waals surface area contributed by atoms with Crippen LogP contribution < -0.4 is 10.3 Å². The molecule has 1 aliphatic carbocycles. The first-order valence-electron chi connectivity index (χ1n) is 5.12. The summed E-state index contributed by atoms with van der Waals surface area (Å²) in [6.07, 6.45) is 3.23. The molecule has 0 saturated carbocycles. The maximum atomic E-state index is 11.1. The third-order valence-corrected chi connectivity index (χ3v) is 3.45. The number of hydrogen-bond acceptors (Lipinski definition) is 3. The van der Waals surface area contributed by atoms with Gasteiger partial charge in [-0.05, 0) is 24.8 Å². The van der Waals surface area contributed by atoms with Crippen molar-refractivity contribution in [2.75, 3.05) is 6.26 Å². The molecule has 1 aromatic heterocycles. The van der Waals surface area contributed by atoms with Crippen molar-refractivity contribution in [2.24, 2.45) is 0 Å². The van der Waals surface area contributed by atoms with E-state index < -0.39 is 10.0 Å². The van der Waals surface area contributed by atoms with Crippen molar-refractivity contribution >= 4 is 10.0 Å². The molecule has 1 heterocycles. The second-order valence-corrected chi connectivity index (χ2v) is 5.94. The average molecular weight is 242 g/mol. The fourth-order valence-electron chi connectivity index (χ4n) is 2.05. The topological polar surface area (TPSA) is 79.0 Å². The highest BCUT2D eigenvalue weighted by molar-refractivity contribution is 7.88. The van der Waals surface area contributed by atoms with Crippen molar-refractivity contribution in [3.8, 4) is 0 Å². The van der Waals surface area contributed by atoms with Crippen LogP contribution >= 0.6 is 0 Å². The van der Waals surface area contributed by atoms with Crippen molar-refractivity contribution in [2.45, 2.75) is 25.3 Å². The quantitative estimate of drug-likeness (QED) is 0.752. The van der Waals surface area contributed by atoms with Gasteiger partial charge >= 0.3 is 0 Å². The number of hydrogen-bond donors (Lipinski definition) is 2. The summed E-state index contributed by atoms with van der Waals surface area (Å²) in [5.74, 6) is 0. The first-order valence-corrected chi connectivity index (χ1v) is 7.01.